The average molecular weight is 685 g/mol. The lowest BCUT2D eigenvalue weighted by Gasteiger charge is -2.19. The zero-order valence-corrected chi connectivity index (χ0v) is 29.3. The van der Waals surface area contributed by atoms with Gasteiger partial charge in [0.1, 0.15) is 11.5 Å². The fraction of sp³-hybridized carbons (Fsp3) is 0.0204. The van der Waals surface area contributed by atoms with E-state index in [1.807, 2.05) is 35.6 Å². The van der Waals surface area contributed by atoms with E-state index in [0.29, 0.717) is 0 Å². The minimum atomic E-state index is 0.839. The smallest absolute Gasteiger partial charge is 0.135 e. The Labute approximate surface area is 305 Å². The van der Waals surface area contributed by atoms with Gasteiger partial charge in [0.15, 0.2) is 0 Å². The molecule has 0 spiro atoms. The van der Waals surface area contributed by atoms with E-state index in [9.17, 15) is 0 Å². The highest BCUT2D eigenvalue weighted by molar-refractivity contribution is 7.26. The number of hydrogen-bond acceptors (Lipinski definition) is 3. The molecule has 0 unspecified atom stereocenters. The number of benzene rings is 7. The lowest BCUT2D eigenvalue weighted by molar-refractivity contribution is 0.583. The summed E-state index contributed by atoms with van der Waals surface area (Å²) < 4.78 is 14.6. The van der Waals surface area contributed by atoms with Crippen LogP contribution >= 0.6 is 11.3 Å². The second-order valence-corrected chi connectivity index (χ2v) is 14.1. The van der Waals surface area contributed by atoms with Gasteiger partial charge in [0.05, 0.1) is 12.5 Å². The van der Waals surface area contributed by atoms with Crippen molar-refractivity contribution >= 4 is 76.0 Å². The van der Waals surface area contributed by atoms with Gasteiger partial charge in [-0.3, -0.25) is 0 Å². The lowest BCUT2D eigenvalue weighted by atomic mass is 9.84. The molecular weight excluding hydrogens is 653 g/mol. The average Bonchev–Trinajstić information content (AvgIpc) is 3.99. The molecule has 0 N–H and O–H groups in total. The van der Waals surface area contributed by atoms with E-state index in [2.05, 4.69) is 141 Å². The van der Waals surface area contributed by atoms with Crippen LogP contribution in [0.3, 0.4) is 0 Å². The van der Waals surface area contributed by atoms with Crippen molar-refractivity contribution < 1.29 is 8.83 Å². The first-order chi connectivity index (χ1) is 25.8. The molecule has 3 heterocycles. The standard InChI is InChI=1S/C49H32O2S/c1-3-15-31-30(4-2)46(41-25-13-28-50-41)35-19-8-7-18-34(35)45(31)39-23-11-24-40-48-38(22-12-27-43(48)52-49(39)40)44-32-16-5-9-20-36(32)47(42-26-14-29-51-42)37-21-10-6-17-33(37)44/h3-29H,2H2,1H3/b15-3-. The molecule has 0 aliphatic rings. The summed E-state index contributed by atoms with van der Waals surface area (Å²) in [4.78, 5) is 0. The van der Waals surface area contributed by atoms with Crippen LogP contribution in [-0.2, 0) is 0 Å². The number of rotatable bonds is 6. The molecule has 0 fully saturated rings. The van der Waals surface area contributed by atoms with E-state index in [4.69, 9.17) is 8.83 Å². The number of furan rings is 2. The molecule has 3 aromatic heterocycles. The number of thiophene rings is 1. The van der Waals surface area contributed by atoms with Crippen molar-refractivity contribution in [2.75, 3.05) is 0 Å². The summed E-state index contributed by atoms with van der Waals surface area (Å²) >= 11 is 1.87. The molecule has 10 aromatic rings. The molecule has 0 aliphatic heterocycles. The lowest BCUT2D eigenvalue weighted by Crippen LogP contribution is -1.95. The topological polar surface area (TPSA) is 26.3 Å². The Morgan fingerprint density at radius 2 is 1.00 bits per heavy atom. The minimum absolute atomic E-state index is 0.839. The Bertz CT molecular complexity index is 2970. The fourth-order valence-corrected chi connectivity index (χ4v) is 9.61. The quantitative estimate of drug-likeness (QED) is 0.163. The maximum Gasteiger partial charge on any atom is 0.135 e. The molecule has 10 rings (SSSR count). The molecule has 7 aromatic carbocycles. The van der Waals surface area contributed by atoms with Crippen molar-refractivity contribution in [2.45, 2.75) is 6.92 Å². The van der Waals surface area contributed by atoms with Crippen LogP contribution in [0.5, 0.6) is 0 Å². The zero-order chi connectivity index (χ0) is 34.8. The van der Waals surface area contributed by atoms with Gasteiger partial charge in [-0.25, -0.2) is 0 Å². The van der Waals surface area contributed by atoms with Crippen molar-refractivity contribution in [3.63, 3.8) is 0 Å². The third kappa shape index (κ3) is 4.43. The van der Waals surface area contributed by atoms with Crippen molar-refractivity contribution in [3.8, 4) is 44.9 Å². The molecular formula is C49H32O2S. The summed E-state index contributed by atoms with van der Waals surface area (Å²) in [7, 11) is 0. The molecule has 0 atom stereocenters. The van der Waals surface area contributed by atoms with E-state index in [0.717, 1.165) is 39.2 Å². The Hall–Kier alpha value is -6.42. The summed E-state index contributed by atoms with van der Waals surface area (Å²) in [5, 5.41) is 9.63. The van der Waals surface area contributed by atoms with E-state index < -0.39 is 0 Å². The van der Waals surface area contributed by atoms with E-state index >= 15 is 0 Å². The zero-order valence-electron chi connectivity index (χ0n) is 28.5. The molecule has 246 valence electrons. The highest BCUT2D eigenvalue weighted by Crippen LogP contribution is 2.51. The van der Waals surface area contributed by atoms with Crippen LogP contribution in [-0.4, -0.2) is 0 Å². The van der Waals surface area contributed by atoms with Gasteiger partial charge in [-0.1, -0.05) is 128 Å². The molecule has 2 nitrogen and oxygen atoms in total. The maximum absolute atomic E-state index is 6.04. The monoisotopic (exact) mass is 684 g/mol. The second-order valence-electron chi connectivity index (χ2n) is 13.1. The molecule has 0 radical (unpaired) electrons. The third-order valence-corrected chi connectivity index (χ3v) is 11.6. The van der Waals surface area contributed by atoms with E-state index in [1.54, 1.807) is 12.5 Å². The van der Waals surface area contributed by atoms with Gasteiger partial charge in [0.25, 0.3) is 0 Å². The van der Waals surface area contributed by atoms with Gasteiger partial charge in [-0.15, -0.1) is 11.3 Å². The SMILES string of the molecule is C=Cc1c(/C=C\C)c(-c2cccc3c2sc2cccc(-c4c5ccccc5c(-c5ccco5)c5ccccc45)c23)c2ccccc2c1-c1ccco1. The summed E-state index contributed by atoms with van der Waals surface area (Å²) in [6, 6.07) is 47.8. The first-order valence-corrected chi connectivity index (χ1v) is 18.4. The predicted octanol–water partition coefficient (Wildman–Crippen LogP) is 15.0. The first kappa shape index (κ1) is 30.4. The van der Waals surface area contributed by atoms with Crippen LogP contribution < -0.4 is 0 Å². The molecule has 52 heavy (non-hydrogen) atoms. The first-order valence-electron chi connectivity index (χ1n) is 17.6. The molecule has 0 aliphatic carbocycles. The number of allylic oxidation sites excluding steroid dienone is 1. The van der Waals surface area contributed by atoms with Gasteiger partial charge in [-0.05, 0) is 97.4 Å². The van der Waals surface area contributed by atoms with E-state index in [-0.39, 0.29) is 0 Å². The predicted molar refractivity (Wildman–Crippen MR) is 223 cm³/mol. The molecule has 0 saturated heterocycles. The maximum atomic E-state index is 6.04. The van der Waals surface area contributed by atoms with Crippen molar-refractivity contribution in [1.82, 2.24) is 0 Å². The normalized spacial score (nSPS) is 11.9. The summed E-state index contributed by atoms with van der Waals surface area (Å²) in [5.41, 5.74) is 9.29. The van der Waals surface area contributed by atoms with E-state index in [1.165, 1.54) is 69.4 Å². The van der Waals surface area contributed by atoms with Gasteiger partial charge in [-0.2, -0.15) is 0 Å². The third-order valence-electron chi connectivity index (χ3n) is 10.4. The van der Waals surface area contributed by atoms with Crippen LogP contribution in [0.1, 0.15) is 18.1 Å². The van der Waals surface area contributed by atoms with Crippen LogP contribution in [0.4, 0.5) is 0 Å². The number of fused-ring (bicyclic) bond motifs is 6. The Balaban J connectivity index is 1.32. The van der Waals surface area contributed by atoms with Crippen LogP contribution in [0.15, 0.2) is 167 Å². The highest BCUT2D eigenvalue weighted by Gasteiger charge is 2.24. The van der Waals surface area contributed by atoms with Gasteiger partial charge >= 0.3 is 0 Å². The number of hydrogen-bond donors (Lipinski definition) is 0. The van der Waals surface area contributed by atoms with Crippen LogP contribution in [0.25, 0.3) is 110 Å². The van der Waals surface area contributed by atoms with Gasteiger partial charge < -0.3 is 8.83 Å². The Morgan fingerprint density at radius 3 is 1.58 bits per heavy atom. The largest absolute Gasteiger partial charge is 0.464 e. The molecule has 0 bridgehead atoms. The van der Waals surface area contributed by atoms with Crippen LogP contribution in [0, 0.1) is 0 Å². The summed E-state index contributed by atoms with van der Waals surface area (Å²) in [6.07, 6.45) is 9.83. The molecule has 0 saturated carbocycles. The van der Waals surface area contributed by atoms with Crippen molar-refractivity contribution in [2.24, 2.45) is 0 Å². The summed E-state index contributed by atoms with van der Waals surface area (Å²) in [5.74, 6) is 1.72. The van der Waals surface area contributed by atoms with Gasteiger partial charge in [0.2, 0.25) is 0 Å². The van der Waals surface area contributed by atoms with Crippen molar-refractivity contribution in [3.05, 3.63) is 170 Å². The second kappa shape index (κ2) is 12.1. The Morgan fingerprint density at radius 1 is 0.481 bits per heavy atom. The highest BCUT2D eigenvalue weighted by atomic mass is 32.1. The van der Waals surface area contributed by atoms with Crippen LogP contribution in [0.2, 0.25) is 0 Å². The molecule has 0 amide bonds. The molecule has 3 heteroatoms. The van der Waals surface area contributed by atoms with Gasteiger partial charge in [0, 0.05) is 36.9 Å². The minimum Gasteiger partial charge on any atom is -0.464 e. The summed E-state index contributed by atoms with van der Waals surface area (Å²) in [6.45, 7) is 6.40. The van der Waals surface area contributed by atoms with Crippen molar-refractivity contribution in [1.29, 1.82) is 0 Å². The fourth-order valence-electron chi connectivity index (χ4n) is 8.36. The Kier molecular flexibility index (Phi) is 7.09.